The topological polar surface area (TPSA) is 62.3 Å². The molecule has 0 bridgehead atoms. The summed E-state index contributed by atoms with van der Waals surface area (Å²) < 4.78 is 5.84. The molecule has 2 rings (SSSR count). The Kier molecular flexibility index (Phi) is 2.40. The SMILES string of the molecule is COc1cc2[nH]cc(C(=O)O)c2cc1Br. The minimum atomic E-state index is -0.946. The first-order chi connectivity index (χ1) is 7.13. The highest BCUT2D eigenvalue weighted by atomic mass is 79.9. The molecule has 0 unspecified atom stereocenters. The zero-order valence-corrected chi connectivity index (χ0v) is 9.46. The fourth-order valence-electron chi connectivity index (χ4n) is 1.46. The van der Waals surface area contributed by atoms with Gasteiger partial charge in [0, 0.05) is 17.6 Å². The van der Waals surface area contributed by atoms with Crippen LogP contribution in [0.1, 0.15) is 10.4 Å². The van der Waals surface area contributed by atoms with Crippen LogP contribution in [0.25, 0.3) is 10.9 Å². The number of hydrogen-bond donors (Lipinski definition) is 2. The minimum Gasteiger partial charge on any atom is -0.495 e. The number of carbonyl (C=O) groups is 1. The number of benzene rings is 1. The number of carboxylic acids is 1. The third-order valence-corrected chi connectivity index (χ3v) is 2.80. The number of hydrogen-bond acceptors (Lipinski definition) is 2. The molecular weight excluding hydrogens is 262 g/mol. The van der Waals surface area contributed by atoms with Crippen molar-refractivity contribution in [3.8, 4) is 5.75 Å². The molecule has 0 aliphatic carbocycles. The van der Waals surface area contributed by atoms with Crippen molar-refractivity contribution in [3.63, 3.8) is 0 Å². The van der Waals surface area contributed by atoms with E-state index in [1.165, 1.54) is 6.20 Å². The van der Waals surface area contributed by atoms with Gasteiger partial charge in [0.2, 0.25) is 0 Å². The van der Waals surface area contributed by atoms with Crippen LogP contribution in [0.3, 0.4) is 0 Å². The summed E-state index contributed by atoms with van der Waals surface area (Å²) in [6, 6.07) is 3.49. The summed E-state index contributed by atoms with van der Waals surface area (Å²) in [6.07, 6.45) is 1.47. The lowest BCUT2D eigenvalue weighted by Crippen LogP contribution is -1.93. The Balaban J connectivity index is 2.73. The molecule has 0 saturated carbocycles. The predicted molar refractivity (Wildman–Crippen MR) is 59.5 cm³/mol. The van der Waals surface area contributed by atoms with Gasteiger partial charge in [-0.3, -0.25) is 0 Å². The number of halogens is 1. The van der Waals surface area contributed by atoms with Crippen LogP contribution in [0.2, 0.25) is 0 Å². The standard InChI is InChI=1S/C10H8BrNO3/c1-15-9-3-8-5(2-7(9)11)6(4-12-8)10(13)14/h2-4,12H,1H3,(H,13,14). The van der Waals surface area contributed by atoms with Gasteiger partial charge in [0.1, 0.15) is 5.75 Å². The molecule has 2 N–H and O–H groups in total. The largest absolute Gasteiger partial charge is 0.495 e. The molecule has 5 heteroatoms. The number of fused-ring (bicyclic) bond motifs is 1. The second-order valence-corrected chi connectivity index (χ2v) is 3.89. The first kappa shape index (κ1) is 10.0. The van der Waals surface area contributed by atoms with Gasteiger partial charge in [-0.15, -0.1) is 0 Å². The van der Waals surface area contributed by atoms with E-state index in [-0.39, 0.29) is 5.56 Å². The summed E-state index contributed by atoms with van der Waals surface area (Å²) in [6.45, 7) is 0. The van der Waals surface area contributed by atoms with Crippen LogP contribution < -0.4 is 4.74 Å². The second kappa shape index (κ2) is 3.58. The Hall–Kier alpha value is -1.49. The van der Waals surface area contributed by atoms with Crippen molar-refractivity contribution in [1.82, 2.24) is 4.98 Å². The van der Waals surface area contributed by atoms with E-state index in [1.54, 1.807) is 19.2 Å². The third-order valence-electron chi connectivity index (χ3n) is 2.18. The summed E-state index contributed by atoms with van der Waals surface area (Å²) in [5.41, 5.74) is 1.00. The van der Waals surface area contributed by atoms with Crippen molar-refractivity contribution in [3.05, 3.63) is 28.4 Å². The van der Waals surface area contributed by atoms with E-state index in [1.807, 2.05) is 0 Å². The molecule has 0 atom stereocenters. The second-order valence-electron chi connectivity index (χ2n) is 3.04. The maximum absolute atomic E-state index is 10.9. The molecule has 1 aromatic heterocycles. The lowest BCUT2D eigenvalue weighted by molar-refractivity contribution is 0.0699. The van der Waals surface area contributed by atoms with E-state index in [2.05, 4.69) is 20.9 Å². The first-order valence-electron chi connectivity index (χ1n) is 4.21. The molecule has 0 amide bonds. The summed E-state index contributed by atoms with van der Waals surface area (Å²) in [5, 5.41) is 9.58. The van der Waals surface area contributed by atoms with Crippen LogP contribution in [0.5, 0.6) is 5.75 Å². The average molecular weight is 270 g/mol. The number of carboxylic acid groups (broad SMARTS) is 1. The number of methoxy groups -OCH3 is 1. The van der Waals surface area contributed by atoms with Crippen LogP contribution in [0, 0.1) is 0 Å². The number of aromatic carboxylic acids is 1. The van der Waals surface area contributed by atoms with Crippen LogP contribution in [-0.4, -0.2) is 23.2 Å². The Morgan fingerprint density at radius 3 is 2.87 bits per heavy atom. The van der Waals surface area contributed by atoms with Crippen LogP contribution in [0.15, 0.2) is 22.8 Å². The molecule has 0 aliphatic rings. The lowest BCUT2D eigenvalue weighted by Gasteiger charge is -2.02. The number of ether oxygens (including phenoxy) is 1. The Labute approximate surface area is 94.0 Å². The lowest BCUT2D eigenvalue weighted by atomic mass is 10.2. The molecule has 0 spiro atoms. The number of nitrogens with one attached hydrogen (secondary N) is 1. The third kappa shape index (κ3) is 1.59. The van der Waals surface area contributed by atoms with Gasteiger partial charge in [0.25, 0.3) is 0 Å². The van der Waals surface area contributed by atoms with Gasteiger partial charge in [-0.25, -0.2) is 4.79 Å². The van der Waals surface area contributed by atoms with Crippen molar-refractivity contribution in [2.75, 3.05) is 7.11 Å². The molecule has 1 heterocycles. The van der Waals surface area contributed by atoms with E-state index >= 15 is 0 Å². The van der Waals surface area contributed by atoms with Gasteiger partial charge in [-0.05, 0) is 22.0 Å². The van der Waals surface area contributed by atoms with Gasteiger partial charge >= 0.3 is 5.97 Å². The Morgan fingerprint density at radius 2 is 2.27 bits per heavy atom. The summed E-state index contributed by atoms with van der Waals surface area (Å²) >= 11 is 3.31. The van der Waals surface area contributed by atoms with Crippen LogP contribution >= 0.6 is 15.9 Å². The summed E-state index contributed by atoms with van der Waals surface area (Å²) in [4.78, 5) is 13.8. The molecule has 78 valence electrons. The summed E-state index contributed by atoms with van der Waals surface area (Å²) in [7, 11) is 1.56. The van der Waals surface area contributed by atoms with E-state index < -0.39 is 5.97 Å². The van der Waals surface area contributed by atoms with E-state index in [4.69, 9.17) is 9.84 Å². The fraction of sp³-hybridized carbons (Fsp3) is 0.100. The quantitative estimate of drug-likeness (QED) is 0.881. The molecule has 0 aliphatic heterocycles. The predicted octanol–water partition coefficient (Wildman–Crippen LogP) is 2.64. The highest BCUT2D eigenvalue weighted by Crippen LogP contribution is 2.31. The average Bonchev–Trinajstić information content (AvgIpc) is 2.59. The Bertz CT molecular complexity index is 533. The molecule has 15 heavy (non-hydrogen) atoms. The maximum Gasteiger partial charge on any atom is 0.337 e. The zero-order chi connectivity index (χ0) is 11.0. The van der Waals surface area contributed by atoms with Crippen molar-refractivity contribution in [2.24, 2.45) is 0 Å². The number of rotatable bonds is 2. The van der Waals surface area contributed by atoms with Crippen LogP contribution in [0.4, 0.5) is 0 Å². The smallest absolute Gasteiger partial charge is 0.337 e. The van der Waals surface area contributed by atoms with Gasteiger partial charge in [0.05, 0.1) is 22.7 Å². The molecule has 1 aromatic carbocycles. The van der Waals surface area contributed by atoms with Gasteiger partial charge in [-0.1, -0.05) is 0 Å². The van der Waals surface area contributed by atoms with Gasteiger partial charge in [-0.2, -0.15) is 0 Å². The van der Waals surface area contributed by atoms with Crippen LogP contribution in [-0.2, 0) is 0 Å². The molecule has 0 saturated heterocycles. The zero-order valence-electron chi connectivity index (χ0n) is 7.87. The van der Waals surface area contributed by atoms with Gasteiger partial charge in [0.15, 0.2) is 0 Å². The fourth-order valence-corrected chi connectivity index (χ4v) is 1.96. The maximum atomic E-state index is 10.9. The monoisotopic (exact) mass is 269 g/mol. The molecular formula is C10H8BrNO3. The normalized spacial score (nSPS) is 10.5. The number of H-pyrrole nitrogens is 1. The number of aromatic amines is 1. The van der Waals surface area contributed by atoms with Gasteiger partial charge < -0.3 is 14.8 Å². The van der Waals surface area contributed by atoms with Crippen molar-refractivity contribution < 1.29 is 14.6 Å². The highest BCUT2D eigenvalue weighted by Gasteiger charge is 2.12. The minimum absolute atomic E-state index is 0.258. The Morgan fingerprint density at radius 1 is 1.53 bits per heavy atom. The summed E-state index contributed by atoms with van der Waals surface area (Å²) in [5.74, 6) is -0.278. The first-order valence-corrected chi connectivity index (χ1v) is 5.00. The van der Waals surface area contributed by atoms with E-state index in [0.29, 0.717) is 11.1 Å². The molecule has 2 aromatic rings. The van der Waals surface area contributed by atoms with Crippen molar-refractivity contribution >= 4 is 32.8 Å². The van der Waals surface area contributed by atoms with Crippen molar-refractivity contribution in [2.45, 2.75) is 0 Å². The molecule has 0 fully saturated rings. The van der Waals surface area contributed by atoms with E-state index in [0.717, 1.165) is 9.99 Å². The van der Waals surface area contributed by atoms with E-state index in [9.17, 15) is 4.79 Å². The van der Waals surface area contributed by atoms with Crippen molar-refractivity contribution in [1.29, 1.82) is 0 Å². The number of aromatic nitrogens is 1. The molecule has 4 nitrogen and oxygen atoms in total. The highest BCUT2D eigenvalue weighted by molar-refractivity contribution is 9.10. The molecule has 0 radical (unpaired) electrons.